The fourth-order valence-corrected chi connectivity index (χ4v) is 2.90. The number of hydrogen-bond acceptors (Lipinski definition) is 5. The van der Waals surface area contributed by atoms with Crippen molar-refractivity contribution in [2.75, 3.05) is 32.2 Å². The Kier molecular flexibility index (Phi) is 5.52. The molecule has 0 aliphatic carbocycles. The summed E-state index contributed by atoms with van der Waals surface area (Å²) in [6.07, 6.45) is 1.63. The Morgan fingerprint density at radius 3 is 2.96 bits per heavy atom. The monoisotopic (exact) mass is 358 g/mol. The first-order valence-corrected chi connectivity index (χ1v) is 8.48. The highest BCUT2D eigenvalue weighted by atomic mass is 16.5. The van der Waals surface area contributed by atoms with Crippen LogP contribution < -0.4 is 10.1 Å². The predicted octanol–water partition coefficient (Wildman–Crippen LogP) is 1.52. The number of ether oxygens (including phenoxy) is 2. The van der Waals surface area contributed by atoms with Crippen LogP contribution in [0.1, 0.15) is 23.0 Å². The highest BCUT2D eigenvalue weighted by molar-refractivity contribution is 5.93. The summed E-state index contributed by atoms with van der Waals surface area (Å²) in [5.41, 5.74) is 2.04. The highest BCUT2D eigenvalue weighted by Crippen LogP contribution is 2.27. The number of carbonyl (C=O) groups excluding carboxylic acids is 2. The minimum atomic E-state index is -0.234. The van der Waals surface area contributed by atoms with Gasteiger partial charge >= 0.3 is 0 Å². The molecule has 0 radical (unpaired) electrons. The van der Waals surface area contributed by atoms with Crippen molar-refractivity contribution in [3.8, 4) is 5.75 Å². The molecule has 138 valence electrons. The number of anilines is 1. The lowest BCUT2D eigenvalue weighted by Crippen LogP contribution is -2.34. The standard InChI is InChI=1S/C18H22N4O4/c1-3-22-15(6-7-19-22)18(24)21-8-9-26-16-5-4-14(10-13(16)11-21)20-17(23)12-25-2/h4-7,10H,3,8-9,11-12H2,1-2H3,(H,20,23). The molecule has 2 heterocycles. The summed E-state index contributed by atoms with van der Waals surface area (Å²) in [6, 6.07) is 7.13. The average molecular weight is 358 g/mol. The number of hydrogen-bond donors (Lipinski definition) is 1. The number of rotatable bonds is 5. The minimum Gasteiger partial charge on any atom is -0.491 e. The lowest BCUT2D eigenvalue weighted by atomic mass is 10.1. The van der Waals surface area contributed by atoms with Gasteiger partial charge in [0.2, 0.25) is 5.91 Å². The van der Waals surface area contributed by atoms with Gasteiger partial charge in [0.05, 0.1) is 6.54 Å². The van der Waals surface area contributed by atoms with Crippen molar-refractivity contribution in [1.29, 1.82) is 0 Å². The molecular formula is C18H22N4O4. The first-order chi connectivity index (χ1) is 12.6. The van der Waals surface area contributed by atoms with Crippen LogP contribution in [0.4, 0.5) is 5.69 Å². The zero-order valence-corrected chi connectivity index (χ0v) is 14.9. The van der Waals surface area contributed by atoms with Gasteiger partial charge in [-0.15, -0.1) is 0 Å². The number of aromatic nitrogens is 2. The molecule has 0 saturated carbocycles. The topological polar surface area (TPSA) is 85.7 Å². The van der Waals surface area contributed by atoms with E-state index in [0.717, 1.165) is 5.56 Å². The van der Waals surface area contributed by atoms with Crippen molar-refractivity contribution < 1.29 is 19.1 Å². The smallest absolute Gasteiger partial charge is 0.272 e. The first-order valence-electron chi connectivity index (χ1n) is 8.48. The first kappa shape index (κ1) is 17.9. The summed E-state index contributed by atoms with van der Waals surface area (Å²) in [5, 5.41) is 6.93. The van der Waals surface area contributed by atoms with Crippen LogP contribution in [0.15, 0.2) is 30.5 Å². The molecule has 1 aliphatic rings. The second kappa shape index (κ2) is 8.01. The van der Waals surface area contributed by atoms with Gasteiger partial charge in [-0.05, 0) is 31.2 Å². The van der Waals surface area contributed by atoms with Crippen molar-refractivity contribution >= 4 is 17.5 Å². The number of nitrogens with one attached hydrogen (secondary N) is 1. The summed E-state index contributed by atoms with van der Waals surface area (Å²) in [4.78, 5) is 26.3. The third kappa shape index (κ3) is 3.85. The van der Waals surface area contributed by atoms with Crippen LogP contribution in [0.2, 0.25) is 0 Å². The average Bonchev–Trinajstić information content (AvgIpc) is 3.00. The molecule has 1 aliphatic heterocycles. The van der Waals surface area contributed by atoms with Gasteiger partial charge in [-0.1, -0.05) is 0 Å². The van der Waals surface area contributed by atoms with E-state index in [2.05, 4.69) is 10.4 Å². The number of fused-ring (bicyclic) bond motifs is 1. The van der Waals surface area contributed by atoms with Gasteiger partial charge in [0, 0.05) is 37.6 Å². The maximum absolute atomic E-state index is 12.9. The quantitative estimate of drug-likeness (QED) is 0.876. The van der Waals surface area contributed by atoms with E-state index in [1.165, 1.54) is 7.11 Å². The molecule has 2 amide bonds. The molecule has 26 heavy (non-hydrogen) atoms. The minimum absolute atomic E-state index is 0.0147. The summed E-state index contributed by atoms with van der Waals surface area (Å²) < 4.78 is 12.3. The van der Waals surface area contributed by atoms with Gasteiger partial charge < -0.3 is 19.7 Å². The van der Waals surface area contributed by atoms with Crippen molar-refractivity contribution in [3.05, 3.63) is 41.7 Å². The van der Waals surface area contributed by atoms with E-state index in [0.29, 0.717) is 43.4 Å². The van der Waals surface area contributed by atoms with Crippen LogP contribution in [0.5, 0.6) is 5.75 Å². The molecule has 8 nitrogen and oxygen atoms in total. The van der Waals surface area contributed by atoms with Crippen LogP contribution in [0, 0.1) is 0 Å². The van der Waals surface area contributed by atoms with Crippen LogP contribution >= 0.6 is 0 Å². The maximum atomic E-state index is 12.9. The lowest BCUT2D eigenvalue weighted by Gasteiger charge is -2.20. The van der Waals surface area contributed by atoms with Crippen LogP contribution in [0.25, 0.3) is 0 Å². The Morgan fingerprint density at radius 2 is 2.19 bits per heavy atom. The fourth-order valence-electron chi connectivity index (χ4n) is 2.90. The number of nitrogens with zero attached hydrogens (tertiary/aromatic N) is 3. The van der Waals surface area contributed by atoms with Gasteiger partial charge in [0.15, 0.2) is 0 Å². The number of aryl methyl sites for hydroxylation is 1. The fraction of sp³-hybridized carbons (Fsp3) is 0.389. The molecular weight excluding hydrogens is 336 g/mol. The molecule has 1 aromatic carbocycles. The van der Waals surface area contributed by atoms with Crippen LogP contribution in [0.3, 0.4) is 0 Å². The van der Waals surface area contributed by atoms with Gasteiger partial charge in [-0.25, -0.2) is 0 Å². The summed E-state index contributed by atoms with van der Waals surface area (Å²) in [5.74, 6) is 0.394. The zero-order chi connectivity index (χ0) is 18.5. The van der Waals surface area contributed by atoms with Crippen molar-refractivity contribution in [2.24, 2.45) is 0 Å². The van der Waals surface area contributed by atoms with E-state index >= 15 is 0 Å². The maximum Gasteiger partial charge on any atom is 0.272 e. The Labute approximate surface area is 151 Å². The van der Waals surface area contributed by atoms with Crippen molar-refractivity contribution in [1.82, 2.24) is 14.7 Å². The molecule has 2 aromatic rings. The summed E-state index contributed by atoms with van der Waals surface area (Å²) in [7, 11) is 1.47. The van der Waals surface area contributed by atoms with E-state index in [4.69, 9.17) is 9.47 Å². The van der Waals surface area contributed by atoms with E-state index < -0.39 is 0 Å². The van der Waals surface area contributed by atoms with E-state index in [9.17, 15) is 9.59 Å². The third-order valence-corrected chi connectivity index (χ3v) is 4.12. The largest absolute Gasteiger partial charge is 0.491 e. The molecule has 0 bridgehead atoms. The summed E-state index contributed by atoms with van der Waals surface area (Å²) in [6.45, 7) is 3.85. The Balaban J connectivity index is 1.80. The number of benzene rings is 1. The molecule has 0 spiro atoms. The molecule has 8 heteroatoms. The van der Waals surface area contributed by atoms with Crippen LogP contribution in [-0.4, -0.2) is 53.4 Å². The SMILES string of the molecule is CCn1nccc1C(=O)N1CCOc2ccc(NC(=O)COC)cc2C1. The number of methoxy groups -OCH3 is 1. The normalized spacial score (nSPS) is 13.5. The molecule has 3 rings (SSSR count). The molecule has 0 saturated heterocycles. The zero-order valence-electron chi connectivity index (χ0n) is 14.9. The van der Waals surface area contributed by atoms with Gasteiger partial charge in [0.25, 0.3) is 5.91 Å². The van der Waals surface area contributed by atoms with Crippen molar-refractivity contribution in [2.45, 2.75) is 20.0 Å². The van der Waals surface area contributed by atoms with Crippen molar-refractivity contribution in [3.63, 3.8) is 0 Å². The molecule has 0 atom stereocenters. The number of carbonyl (C=O) groups is 2. The Hall–Kier alpha value is -2.87. The number of amides is 2. The predicted molar refractivity (Wildman–Crippen MR) is 95.1 cm³/mol. The Bertz CT molecular complexity index is 802. The summed E-state index contributed by atoms with van der Waals surface area (Å²) >= 11 is 0. The molecule has 0 fully saturated rings. The van der Waals surface area contributed by atoms with E-state index in [-0.39, 0.29) is 18.4 Å². The third-order valence-electron chi connectivity index (χ3n) is 4.12. The van der Waals surface area contributed by atoms with Crippen LogP contribution in [-0.2, 0) is 22.6 Å². The Morgan fingerprint density at radius 1 is 1.35 bits per heavy atom. The van der Waals surface area contributed by atoms with Gasteiger partial charge in [-0.3, -0.25) is 14.3 Å². The molecule has 1 aromatic heterocycles. The van der Waals surface area contributed by atoms with Gasteiger partial charge in [-0.2, -0.15) is 5.10 Å². The lowest BCUT2D eigenvalue weighted by molar-refractivity contribution is -0.119. The van der Waals surface area contributed by atoms with Gasteiger partial charge in [0.1, 0.15) is 24.7 Å². The molecule has 0 unspecified atom stereocenters. The highest BCUT2D eigenvalue weighted by Gasteiger charge is 2.23. The second-order valence-electron chi connectivity index (χ2n) is 5.91. The van der Waals surface area contributed by atoms with E-state index in [1.807, 2.05) is 19.1 Å². The van der Waals surface area contributed by atoms with E-state index in [1.54, 1.807) is 27.9 Å². The molecule has 1 N–H and O–H groups in total. The second-order valence-corrected chi connectivity index (χ2v) is 5.91.